The van der Waals surface area contributed by atoms with E-state index in [0.717, 1.165) is 22.5 Å². The minimum absolute atomic E-state index is 0.0982. The fraction of sp³-hybridized carbons (Fsp3) is 0.212. The number of aromatic nitrogens is 1. The summed E-state index contributed by atoms with van der Waals surface area (Å²) in [6.07, 6.45) is 0. The van der Waals surface area contributed by atoms with Crippen LogP contribution in [0, 0.1) is 13.8 Å². The standard InChI is InChI=1S/C33H30N2O7S/c1-5-41-24-14-11-22(12-15-24)27-26(29(37)31(38)35(27)33-34-20(3)30(43-33)32(39)40-4)28(36)23-13-16-25(19(2)17-23)42-18-21-9-7-6-8-10-21/h6-17,27,36H,5,18H2,1-4H3/b28-26+/t27-/m1/s1. The molecular formula is C33H30N2O7S. The maximum Gasteiger partial charge on any atom is 0.350 e. The highest BCUT2D eigenvalue weighted by Crippen LogP contribution is 2.44. The number of Topliss-reactive ketones (excluding diaryl/α,β-unsaturated/α-hetero) is 1. The number of benzene rings is 3. The van der Waals surface area contributed by atoms with E-state index >= 15 is 0 Å². The lowest BCUT2D eigenvalue weighted by atomic mass is 9.95. The van der Waals surface area contributed by atoms with E-state index in [0.29, 0.717) is 41.5 Å². The van der Waals surface area contributed by atoms with Crippen molar-refractivity contribution in [3.8, 4) is 11.5 Å². The maximum atomic E-state index is 13.6. The van der Waals surface area contributed by atoms with Gasteiger partial charge in [0.05, 0.1) is 31.0 Å². The number of hydrogen-bond donors (Lipinski definition) is 1. The molecule has 4 aromatic rings. The summed E-state index contributed by atoms with van der Waals surface area (Å²) in [4.78, 5) is 45.3. The third kappa shape index (κ3) is 5.87. The number of ketones is 1. The molecule has 0 saturated carbocycles. The Hall–Kier alpha value is -4.96. The van der Waals surface area contributed by atoms with Crippen molar-refractivity contribution in [3.63, 3.8) is 0 Å². The van der Waals surface area contributed by atoms with Gasteiger partial charge in [-0.25, -0.2) is 9.78 Å². The van der Waals surface area contributed by atoms with Crippen LogP contribution in [0.3, 0.4) is 0 Å². The van der Waals surface area contributed by atoms with Crippen molar-refractivity contribution in [2.45, 2.75) is 33.4 Å². The Morgan fingerprint density at radius 1 is 1.00 bits per heavy atom. The Bertz CT molecular complexity index is 1710. The smallest absolute Gasteiger partial charge is 0.350 e. The van der Waals surface area contributed by atoms with Gasteiger partial charge in [-0.15, -0.1) is 0 Å². The predicted octanol–water partition coefficient (Wildman–Crippen LogP) is 6.15. The molecule has 43 heavy (non-hydrogen) atoms. The number of aliphatic hydroxyl groups excluding tert-OH is 1. The molecule has 1 aromatic heterocycles. The number of esters is 1. The average Bonchev–Trinajstić information content (AvgIpc) is 3.52. The molecule has 0 bridgehead atoms. The molecule has 0 spiro atoms. The number of hydrogen-bond acceptors (Lipinski definition) is 9. The van der Waals surface area contributed by atoms with Crippen LogP contribution in [0.2, 0.25) is 0 Å². The monoisotopic (exact) mass is 598 g/mol. The number of rotatable bonds is 9. The van der Waals surface area contributed by atoms with E-state index in [1.165, 1.54) is 12.0 Å². The Balaban J connectivity index is 1.57. The zero-order valence-electron chi connectivity index (χ0n) is 24.1. The molecule has 5 rings (SSSR count). The number of aryl methyl sites for hydroxylation is 2. The Morgan fingerprint density at radius 2 is 1.72 bits per heavy atom. The molecule has 2 heterocycles. The van der Waals surface area contributed by atoms with Gasteiger partial charge >= 0.3 is 11.9 Å². The van der Waals surface area contributed by atoms with Crippen LogP contribution in [0.1, 0.15) is 50.6 Å². The van der Waals surface area contributed by atoms with Crippen LogP contribution in [0.5, 0.6) is 11.5 Å². The summed E-state index contributed by atoms with van der Waals surface area (Å²) < 4.78 is 16.4. The number of anilines is 1. The van der Waals surface area contributed by atoms with Crippen molar-refractivity contribution >= 4 is 39.9 Å². The first kappa shape index (κ1) is 29.5. The van der Waals surface area contributed by atoms with Gasteiger partial charge in [0.2, 0.25) is 0 Å². The van der Waals surface area contributed by atoms with Crippen molar-refractivity contribution in [2.24, 2.45) is 0 Å². The van der Waals surface area contributed by atoms with Crippen LogP contribution in [0.25, 0.3) is 5.76 Å². The molecule has 0 aliphatic carbocycles. The second-order valence-corrected chi connectivity index (χ2v) is 10.8. The van der Waals surface area contributed by atoms with Gasteiger partial charge in [-0.05, 0) is 67.8 Å². The second-order valence-electron chi connectivity index (χ2n) is 9.83. The molecule has 220 valence electrons. The molecule has 1 aliphatic heterocycles. The van der Waals surface area contributed by atoms with E-state index in [4.69, 9.17) is 14.2 Å². The first-order chi connectivity index (χ1) is 20.7. The summed E-state index contributed by atoms with van der Waals surface area (Å²) in [5, 5.41) is 11.7. The summed E-state index contributed by atoms with van der Waals surface area (Å²) in [5.41, 5.74) is 2.92. The quantitative estimate of drug-likeness (QED) is 0.106. The molecule has 1 fully saturated rings. The van der Waals surface area contributed by atoms with Crippen molar-refractivity contribution in [3.05, 3.63) is 111 Å². The second kappa shape index (κ2) is 12.5. The van der Waals surface area contributed by atoms with E-state index in [-0.39, 0.29) is 21.3 Å². The van der Waals surface area contributed by atoms with Gasteiger partial charge in [0, 0.05) is 5.56 Å². The van der Waals surface area contributed by atoms with Gasteiger partial charge in [-0.2, -0.15) is 0 Å². The van der Waals surface area contributed by atoms with E-state index in [1.807, 2.05) is 44.2 Å². The average molecular weight is 599 g/mol. The number of amides is 1. The summed E-state index contributed by atoms with van der Waals surface area (Å²) in [7, 11) is 1.26. The van der Waals surface area contributed by atoms with Crippen LogP contribution in [0.15, 0.2) is 78.4 Å². The Morgan fingerprint density at radius 3 is 2.37 bits per heavy atom. The zero-order chi connectivity index (χ0) is 30.7. The fourth-order valence-electron chi connectivity index (χ4n) is 4.88. The first-order valence-corrected chi connectivity index (χ1v) is 14.4. The van der Waals surface area contributed by atoms with E-state index in [9.17, 15) is 19.5 Å². The van der Waals surface area contributed by atoms with Crippen LogP contribution >= 0.6 is 11.3 Å². The number of thiazole rings is 1. The van der Waals surface area contributed by atoms with E-state index in [1.54, 1.807) is 49.4 Å². The van der Waals surface area contributed by atoms with Gasteiger partial charge in [0.1, 0.15) is 28.7 Å². The third-order valence-electron chi connectivity index (χ3n) is 7.00. The molecule has 9 nitrogen and oxygen atoms in total. The predicted molar refractivity (Wildman–Crippen MR) is 163 cm³/mol. The maximum absolute atomic E-state index is 13.6. The number of ether oxygens (including phenoxy) is 3. The highest BCUT2D eigenvalue weighted by atomic mass is 32.1. The molecular weight excluding hydrogens is 568 g/mol. The fourth-order valence-corrected chi connectivity index (χ4v) is 5.89. The SMILES string of the molecule is CCOc1ccc([C@@H]2/C(=C(\O)c3ccc(OCc4ccccc4)c(C)c3)C(=O)C(=O)N2c2nc(C)c(C(=O)OC)s2)cc1. The lowest BCUT2D eigenvalue weighted by Gasteiger charge is -2.23. The first-order valence-electron chi connectivity index (χ1n) is 13.6. The normalized spacial score (nSPS) is 15.9. The number of carbonyl (C=O) groups is 3. The topological polar surface area (TPSA) is 115 Å². The van der Waals surface area contributed by atoms with Crippen LogP contribution < -0.4 is 14.4 Å². The summed E-state index contributed by atoms with van der Waals surface area (Å²) in [5.74, 6) is -1.43. The molecule has 10 heteroatoms. The molecule has 1 N–H and O–H groups in total. The van der Waals surface area contributed by atoms with Gasteiger partial charge in [-0.3, -0.25) is 14.5 Å². The minimum Gasteiger partial charge on any atom is -0.507 e. The lowest BCUT2D eigenvalue weighted by Crippen LogP contribution is -2.29. The van der Waals surface area contributed by atoms with Gasteiger partial charge < -0.3 is 19.3 Å². The zero-order valence-corrected chi connectivity index (χ0v) is 24.9. The number of carbonyl (C=O) groups excluding carboxylic acids is 3. The van der Waals surface area contributed by atoms with Crippen LogP contribution in [-0.2, 0) is 20.9 Å². The number of aliphatic hydroxyl groups is 1. The third-order valence-corrected chi connectivity index (χ3v) is 8.14. The molecule has 1 atom stereocenters. The molecule has 0 radical (unpaired) electrons. The molecule has 0 unspecified atom stereocenters. The molecule has 1 amide bonds. The largest absolute Gasteiger partial charge is 0.507 e. The lowest BCUT2D eigenvalue weighted by molar-refractivity contribution is -0.132. The van der Waals surface area contributed by atoms with Crippen molar-refractivity contribution in [1.29, 1.82) is 0 Å². The van der Waals surface area contributed by atoms with Crippen LogP contribution in [-0.4, -0.2) is 41.5 Å². The highest BCUT2D eigenvalue weighted by Gasteiger charge is 2.48. The molecule has 1 saturated heterocycles. The van der Waals surface area contributed by atoms with Gasteiger partial charge in [-0.1, -0.05) is 53.8 Å². The Kier molecular flexibility index (Phi) is 8.58. The number of methoxy groups -OCH3 is 1. The van der Waals surface area contributed by atoms with Crippen molar-refractivity contribution in [2.75, 3.05) is 18.6 Å². The molecule has 3 aromatic carbocycles. The number of nitrogens with zero attached hydrogens (tertiary/aromatic N) is 2. The summed E-state index contributed by atoms with van der Waals surface area (Å²) in [6, 6.07) is 20.7. The van der Waals surface area contributed by atoms with E-state index in [2.05, 4.69) is 4.98 Å². The molecule has 1 aliphatic rings. The van der Waals surface area contributed by atoms with Crippen molar-refractivity contribution < 1.29 is 33.7 Å². The highest BCUT2D eigenvalue weighted by molar-refractivity contribution is 7.17. The van der Waals surface area contributed by atoms with Gasteiger partial charge in [0.15, 0.2) is 5.13 Å². The minimum atomic E-state index is -1.01. The summed E-state index contributed by atoms with van der Waals surface area (Å²) in [6.45, 7) is 6.17. The van der Waals surface area contributed by atoms with Crippen molar-refractivity contribution in [1.82, 2.24) is 4.98 Å². The van der Waals surface area contributed by atoms with E-state index < -0.39 is 23.7 Å². The van der Waals surface area contributed by atoms with Crippen LogP contribution in [0.4, 0.5) is 5.13 Å². The summed E-state index contributed by atoms with van der Waals surface area (Å²) >= 11 is 0.944. The van der Waals surface area contributed by atoms with Gasteiger partial charge in [0.25, 0.3) is 5.78 Å². The Labute approximate surface area is 253 Å².